The lowest BCUT2D eigenvalue weighted by atomic mass is 9.98. The molecule has 0 aliphatic carbocycles. The monoisotopic (exact) mass is 486 g/mol. The first kappa shape index (κ1) is 22.6. The maximum Gasteiger partial charge on any atom is 0.514 e. The first-order valence-corrected chi connectivity index (χ1v) is 10.4. The van der Waals surface area contributed by atoms with Gasteiger partial charge in [0.25, 0.3) is 0 Å². The summed E-state index contributed by atoms with van der Waals surface area (Å²) in [5, 5.41) is 1.18. The third-order valence-electron chi connectivity index (χ3n) is 4.35. The van der Waals surface area contributed by atoms with Crippen molar-refractivity contribution in [2.24, 2.45) is 0 Å². The lowest BCUT2D eigenvalue weighted by Crippen LogP contribution is -2.27. The number of carbonyl (C=O) groups is 2. The van der Waals surface area contributed by atoms with E-state index in [-0.39, 0.29) is 11.3 Å². The van der Waals surface area contributed by atoms with Gasteiger partial charge in [-0.15, -0.1) is 0 Å². The molecule has 0 N–H and O–H groups in total. The summed E-state index contributed by atoms with van der Waals surface area (Å²) < 4.78 is 22.8. The van der Waals surface area contributed by atoms with E-state index in [0.29, 0.717) is 27.8 Å². The zero-order valence-electron chi connectivity index (χ0n) is 17.9. The Morgan fingerprint density at radius 2 is 1.58 bits per heavy atom. The van der Waals surface area contributed by atoms with Gasteiger partial charge in [0.05, 0.1) is 7.11 Å². The molecule has 0 unspecified atom stereocenters. The van der Waals surface area contributed by atoms with Crippen LogP contribution in [-0.4, -0.2) is 24.8 Å². The standard InChI is InChI=1S/C24H23BrO6/c1-14-19(22(26)29-16-9-7-6-8-10-16)21(30-23(27)31-24(2,3)4)18-13-15(25)11-12-17(18)20(14)28-5/h6-13H,1-5H3. The van der Waals surface area contributed by atoms with Gasteiger partial charge in [-0.1, -0.05) is 34.1 Å². The minimum Gasteiger partial charge on any atom is -0.496 e. The number of esters is 1. The van der Waals surface area contributed by atoms with Crippen LogP contribution in [-0.2, 0) is 4.74 Å². The number of rotatable bonds is 4. The number of ether oxygens (including phenoxy) is 4. The van der Waals surface area contributed by atoms with Gasteiger partial charge in [-0.25, -0.2) is 9.59 Å². The van der Waals surface area contributed by atoms with Crippen molar-refractivity contribution in [1.29, 1.82) is 0 Å². The third-order valence-corrected chi connectivity index (χ3v) is 4.84. The summed E-state index contributed by atoms with van der Waals surface area (Å²) in [5.41, 5.74) is -0.200. The predicted octanol–water partition coefficient (Wildman–Crippen LogP) is 6.45. The molecule has 0 aromatic heterocycles. The van der Waals surface area contributed by atoms with E-state index in [1.54, 1.807) is 58.0 Å². The molecule has 0 atom stereocenters. The van der Waals surface area contributed by atoms with Crippen molar-refractivity contribution in [2.75, 3.05) is 7.11 Å². The molecule has 31 heavy (non-hydrogen) atoms. The number of para-hydroxylation sites is 1. The van der Waals surface area contributed by atoms with Gasteiger partial charge in [0.1, 0.15) is 22.7 Å². The summed E-state index contributed by atoms with van der Waals surface area (Å²) in [6, 6.07) is 14.1. The molecule has 0 aliphatic heterocycles. The smallest absolute Gasteiger partial charge is 0.496 e. The van der Waals surface area contributed by atoms with Gasteiger partial charge < -0.3 is 18.9 Å². The fraction of sp³-hybridized carbons (Fsp3) is 0.250. The Balaban J connectivity index is 2.21. The minimum absolute atomic E-state index is 0.0461. The number of halogens is 1. The molecule has 0 amide bonds. The van der Waals surface area contributed by atoms with E-state index in [2.05, 4.69) is 15.9 Å². The maximum absolute atomic E-state index is 13.2. The molecule has 0 spiro atoms. The number of fused-ring (bicyclic) bond motifs is 1. The summed E-state index contributed by atoms with van der Waals surface area (Å²) in [6.45, 7) is 6.90. The van der Waals surface area contributed by atoms with Crippen LogP contribution in [0.15, 0.2) is 53.0 Å². The highest BCUT2D eigenvalue weighted by Gasteiger charge is 2.29. The molecular weight excluding hydrogens is 464 g/mol. The van der Waals surface area contributed by atoms with Crippen molar-refractivity contribution >= 4 is 38.8 Å². The molecule has 0 aliphatic rings. The number of hydrogen-bond acceptors (Lipinski definition) is 6. The van der Waals surface area contributed by atoms with Crippen LogP contribution in [0.25, 0.3) is 10.8 Å². The molecule has 6 nitrogen and oxygen atoms in total. The molecule has 0 bridgehead atoms. The Morgan fingerprint density at radius 3 is 2.19 bits per heavy atom. The molecule has 0 fully saturated rings. The van der Waals surface area contributed by atoms with Crippen molar-refractivity contribution < 1.29 is 28.5 Å². The lowest BCUT2D eigenvalue weighted by molar-refractivity contribution is 0.0207. The normalized spacial score (nSPS) is 11.2. The van der Waals surface area contributed by atoms with Gasteiger partial charge in [-0.2, -0.15) is 0 Å². The first-order valence-electron chi connectivity index (χ1n) is 9.58. The van der Waals surface area contributed by atoms with Crippen molar-refractivity contribution in [3.63, 3.8) is 0 Å². The van der Waals surface area contributed by atoms with Gasteiger partial charge in [0.15, 0.2) is 5.75 Å². The predicted molar refractivity (Wildman–Crippen MR) is 121 cm³/mol. The van der Waals surface area contributed by atoms with Crippen LogP contribution in [0.1, 0.15) is 36.7 Å². The van der Waals surface area contributed by atoms with Gasteiger partial charge in [-0.3, -0.25) is 0 Å². The Kier molecular flexibility index (Phi) is 6.55. The van der Waals surface area contributed by atoms with Crippen molar-refractivity contribution in [3.8, 4) is 17.2 Å². The van der Waals surface area contributed by atoms with Gasteiger partial charge in [-0.05, 0) is 58.0 Å². The Bertz CT molecular complexity index is 1130. The number of hydrogen-bond donors (Lipinski definition) is 0. The Morgan fingerprint density at radius 1 is 0.903 bits per heavy atom. The average molecular weight is 487 g/mol. The van der Waals surface area contributed by atoms with Crippen LogP contribution in [0, 0.1) is 6.92 Å². The summed E-state index contributed by atoms with van der Waals surface area (Å²) in [6.07, 6.45) is -0.924. The number of carbonyl (C=O) groups excluding carboxylic acids is 2. The highest BCUT2D eigenvalue weighted by atomic mass is 79.9. The molecule has 0 heterocycles. The van der Waals surface area contributed by atoms with Crippen LogP contribution >= 0.6 is 15.9 Å². The zero-order chi connectivity index (χ0) is 22.8. The van der Waals surface area contributed by atoms with Crippen LogP contribution in [0.4, 0.5) is 4.79 Å². The highest BCUT2D eigenvalue weighted by Crippen LogP contribution is 2.42. The highest BCUT2D eigenvalue weighted by molar-refractivity contribution is 9.10. The molecular formula is C24H23BrO6. The van der Waals surface area contributed by atoms with E-state index >= 15 is 0 Å². The van der Waals surface area contributed by atoms with E-state index in [9.17, 15) is 9.59 Å². The maximum atomic E-state index is 13.2. The molecule has 0 radical (unpaired) electrons. The molecule has 162 valence electrons. The molecule has 3 aromatic rings. The zero-order valence-corrected chi connectivity index (χ0v) is 19.5. The molecule has 0 saturated carbocycles. The van der Waals surface area contributed by atoms with Crippen LogP contribution in [0.3, 0.4) is 0 Å². The molecule has 0 saturated heterocycles. The van der Waals surface area contributed by atoms with E-state index in [1.165, 1.54) is 7.11 Å². The van der Waals surface area contributed by atoms with Gasteiger partial charge >= 0.3 is 12.1 Å². The van der Waals surface area contributed by atoms with E-state index in [0.717, 1.165) is 4.47 Å². The minimum atomic E-state index is -0.924. The van der Waals surface area contributed by atoms with E-state index < -0.39 is 17.7 Å². The second-order valence-electron chi connectivity index (χ2n) is 7.82. The fourth-order valence-corrected chi connectivity index (χ4v) is 3.50. The summed E-state index contributed by atoms with van der Waals surface area (Å²) >= 11 is 3.43. The van der Waals surface area contributed by atoms with Crippen molar-refractivity contribution in [1.82, 2.24) is 0 Å². The summed E-state index contributed by atoms with van der Waals surface area (Å²) in [5.74, 6) is 0.217. The molecule has 3 aromatic carbocycles. The number of benzene rings is 3. The Hall–Kier alpha value is -3.06. The van der Waals surface area contributed by atoms with Crippen LogP contribution in [0.2, 0.25) is 0 Å². The summed E-state index contributed by atoms with van der Waals surface area (Å²) in [7, 11) is 1.52. The van der Waals surface area contributed by atoms with Crippen molar-refractivity contribution in [2.45, 2.75) is 33.3 Å². The topological polar surface area (TPSA) is 71.1 Å². The SMILES string of the molecule is COc1c(C)c(C(=O)Oc2ccccc2)c(OC(=O)OC(C)(C)C)c2cc(Br)ccc12. The molecule has 7 heteroatoms. The lowest BCUT2D eigenvalue weighted by Gasteiger charge is -2.21. The third kappa shape index (κ3) is 5.17. The second kappa shape index (κ2) is 8.98. The van der Waals surface area contributed by atoms with E-state index in [4.69, 9.17) is 18.9 Å². The van der Waals surface area contributed by atoms with Gasteiger partial charge in [0, 0.05) is 20.8 Å². The fourth-order valence-electron chi connectivity index (χ4n) is 3.14. The molecule has 3 rings (SSSR count). The summed E-state index contributed by atoms with van der Waals surface area (Å²) in [4.78, 5) is 25.7. The quantitative estimate of drug-likeness (QED) is 0.239. The first-order chi connectivity index (χ1) is 14.6. The number of methoxy groups -OCH3 is 1. The van der Waals surface area contributed by atoms with E-state index in [1.807, 2.05) is 18.2 Å². The van der Waals surface area contributed by atoms with Crippen molar-refractivity contribution in [3.05, 3.63) is 64.1 Å². The Labute approximate surface area is 189 Å². The largest absolute Gasteiger partial charge is 0.514 e. The average Bonchev–Trinajstić information content (AvgIpc) is 2.68. The second-order valence-corrected chi connectivity index (χ2v) is 8.74. The van der Waals surface area contributed by atoms with Crippen LogP contribution in [0.5, 0.6) is 17.2 Å². The van der Waals surface area contributed by atoms with Crippen LogP contribution < -0.4 is 14.2 Å². The van der Waals surface area contributed by atoms with Gasteiger partial charge in [0.2, 0.25) is 0 Å².